The minimum absolute atomic E-state index is 0.137. The zero-order valence-corrected chi connectivity index (χ0v) is 14.4. The minimum atomic E-state index is -1.07. The molecule has 0 amide bonds. The maximum atomic E-state index is 12.1. The van der Waals surface area contributed by atoms with E-state index in [0.717, 1.165) is 48.2 Å². The number of nitriles is 1. The Bertz CT molecular complexity index is 872. The Morgan fingerprint density at radius 3 is 2.44 bits per heavy atom. The number of benzene rings is 2. The molecule has 25 heavy (non-hydrogen) atoms. The van der Waals surface area contributed by atoms with Crippen LogP contribution in [0.1, 0.15) is 40.7 Å². The topological polar surface area (TPSA) is 47.3 Å². The molecule has 0 radical (unpaired) electrons. The van der Waals surface area contributed by atoms with Gasteiger partial charge >= 0.3 is 0 Å². The molecule has 1 aliphatic heterocycles. The van der Waals surface area contributed by atoms with Crippen molar-refractivity contribution in [1.29, 1.82) is 5.26 Å². The predicted octanol–water partition coefficient (Wildman–Crippen LogP) is 3.62. The lowest BCUT2D eigenvalue weighted by molar-refractivity contribution is -0.0110. The van der Waals surface area contributed by atoms with Crippen molar-refractivity contribution in [3.05, 3.63) is 70.3 Å². The van der Waals surface area contributed by atoms with Gasteiger partial charge in [0.1, 0.15) is 5.60 Å². The molecule has 0 aromatic heterocycles. The smallest absolute Gasteiger partial charge is 0.119 e. The van der Waals surface area contributed by atoms with Gasteiger partial charge in [-0.1, -0.05) is 42.5 Å². The number of likely N-dealkylation sites (tertiary alicyclic amines) is 1. The number of nitrogens with zero attached hydrogens (tertiary/aromatic N) is 2. The van der Waals surface area contributed by atoms with Crippen molar-refractivity contribution in [2.45, 2.75) is 18.4 Å². The van der Waals surface area contributed by atoms with Crippen LogP contribution in [0.15, 0.2) is 42.5 Å². The normalized spacial score (nSPS) is 23.4. The fourth-order valence-electron chi connectivity index (χ4n) is 4.28. The molecule has 1 aliphatic carbocycles. The Hall–Kier alpha value is -2.41. The highest BCUT2D eigenvalue weighted by molar-refractivity contribution is 5.77. The standard InChI is InChI=1S/C22H22N2O/c1-24-12-10-19(11-13-24)22(25)20-5-3-2-4-17(20)8-9-18-7-6-16(15-23)14-21(18)22/h2-9,14,19,25H,10-13H2,1H3. The van der Waals surface area contributed by atoms with Crippen molar-refractivity contribution in [2.24, 2.45) is 5.92 Å². The summed E-state index contributed by atoms with van der Waals surface area (Å²) >= 11 is 0. The highest BCUT2D eigenvalue weighted by Gasteiger charge is 2.44. The molecule has 0 saturated carbocycles. The molecule has 2 aromatic carbocycles. The predicted molar refractivity (Wildman–Crippen MR) is 99.7 cm³/mol. The number of hydrogen-bond acceptors (Lipinski definition) is 3. The summed E-state index contributed by atoms with van der Waals surface area (Å²) in [6, 6.07) is 16.0. The van der Waals surface area contributed by atoms with Crippen molar-refractivity contribution in [3.8, 4) is 6.07 Å². The molecule has 2 aromatic rings. The highest BCUT2D eigenvalue weighted by atomic mass is 16.3. The summed E-state index contributed by atoms with van der Waals surface area (Å²) in [6.45, 7) is 1.96. The molecule has 1 heterocycles. The van der Waals surface area contributed by atoms with Gasteiger partial charge in [0.2, 0.25) is 0 Å². The van der Waals surface area contributed by atoms with E-state index in [9.17, 15) is 10.4 Å². The monoisotopic (exact) mass is 330 g/mol. The fraction of sp³-hybridized carbons (Fsp3) is 0.318. The van der Waals surface area contributed by atoms with Gasteiger partial charge in [-0.25, -0.2) is 0 Å². The Balaban J connectivity index is 1.95. The molecule has 1 saturated heterocycles. The SMILES string of the molecule is CN1CCC(C2(O)c3ccccc3C=Cc3ccc(C#N)cc32)CC1. The van der Waals surface area contributed by atoms with Crippen LogP contribution in [-0.2, 0) is 5.60 Å². The van der Waals surface area contributed by atoms with Crippen molar-refractivity contribution in [3.63, 3.8) is 0 Å². The van der Waals surface area contributed by atoms with Gasteiger partial charge < -0.3 is 10.0 Å². The van der Waals surface area contributed by atoms with Gasteiger partial charge in [-0.2, -0.15) is 5.26 Å². The summed E-state index contributed by atoms with van der Waals surface area (Å²) in [6.07, 6.45) is 6.02. The number of piperidine rings is 1. The Labute approximate surface area is 148 Å². The molecule has 1 N–H and O–H groups in total. The van der Waals surface area contributed by atoms with Crippen molar-refractivity contribution in [1.82, 2.24) is 4.90 Å². The van der Waals surface area contributed by atoms with E-state index in [1.165, 1.54) is 0 Å². The highest BCUT2D eigenvalue weighted by Crippen LogP contribution is 2.46. The van der Waals surface area contributed by atoms with Crippen LogP contribution in [0.4, 0.5) is 0 Å². The summed E-state index contributed by atoms with van der Waals surface area (Å²) in [7, 11) is 2.13. The van der Waals surface area contributed by atoms with Crippen LogP contribution in [0.2, 0.25) is 0 Å². The van der Waals surface area contributed by atoms with Crippen molar-refractivity contribution in [2.75, 3.05) is 20.1 Å². The average Bonchev–Trinajstić information content (AvgIpc) is 2.78. The molecule has 1 unspecified atom stereocenters. The van der Waals surface area contributed by atoms with Crippen LogP contribution in [-0.4, -0.2) is 30.1 Å². The third-order valence-corrected chi connectivity index (χ3v) is 5.72. The lowest BCUT2D eigenvalue weighted by Gasteiger charge is -2.42. The number of fused-ring (bicyclic) bond motifs is 2. The lowest BCUT2D eigenvalue weighted by atomic mass is 9.70. The van der Waals surface area contributed by atoms with E-state index < -0.39 is 5.60 Å². The first kappa shape index (κ1) is 16.1. The van der Waals surface area contributed by atoms with Gasteiger partial charge in [0.25, 0.3) is 0 Å². The van der Waals surface area contributed by atoms with Gasteiger partial charge in [0, 0.05) is 0 Å². The third kappa shape index (κ3) is 2.59. The maximum absolute atomic E-state index is 12.1. The van der Waals surface area contributed by atoms with Gasteiger partial charge in [-0.05, 0) is 73.3 Å². The lowest BCUT2D eigenvalue weighted by Crippen LogP contribution is -2.43. The second kappa shape index (κ2) is 6.15. The molecule has 4 rings (SSSR count). The van der Waals surface area contributed by atoms with E-state index in [1.54, 1.807) is 0 Å². The molecule has 0 spiro atoms. The molecule has 1 fully saturated rings. The van der Waals surface area contributed by atoms with Crippen LogP contribution >= 0.6 is 0 Å². The summed E-state index contributed by atoms with van der Waals surface area (Å²) in [5.41, 5.74) is 3.40. The summed E-state index contributed by atoms with van der Waals surface area (Å²) < 4.78 is 0. The maximum Gasteiger partial charge on any atom is 0.119 e. The van der Waals surface area contributed by atoms with Crippen LogP contribution in [0, 0.1) is 17.2 Å². The van der Waals surface area contributed by atoms with Gasteiger partial charge in [-0.15, -0.1) is 0 Å². The van der Waals surface area contributed by atoms with E-state index in [1.807, 2.05) is 36.4 Å². The quantitative estimate of drug-likeness (QED) is 0.869. The van der Waals surface area contributed by atoms with E-state index in [-0.39, 0.29) is 5.92 Å². The largest absolute Gasteiger partial charge is 0.380 e. The summed E-state index contributed by atoms with van der Waals surface area (Å²) in [4.78, 5) is 2.31. The zero-order valence-electron chi connectivity index (χ0n) is 14.4. The van der Waals surface area contributed by atoms with Crippen molar-refractivity contribution < 1.29 is 5.11 Å². The summed E-state index contributed by atoms with van der Waals surface area (Å²) in [5.74, 6) is 0.137. The van der Waals surface area contributed by atoms with Crippen LogP contribution in [0.5, 0.6) is 0 Å². The zero-order chi connectivity index (χ0) is 17.4. The Morgan fingerprint density at radius 1 is 1.04 bits per heavy atom. The minimum Gasteiger partial charge on any atom is -0.380 e. The molecular formula is C22H22N2O. The van der Waals surface area contributed by atoms with Crippen LogP contribution < -0.4 is 0 Å². The molecule has 126 valence electrons. The Kier molecular flexibility index (Phi) is 3.95. The molecule has 3 nitrogen and oxygen atoms in total. The van der Waals surface area contributed by atoms with Crippen LogP contribution in [0.25, 0.3) is 12.2 Å². The average molecular weight is 330 g/mol. The van der Waals surface area contributed by atoms with Crippen molar-refractivity contribution >= 4 is 12.2 Å². The molecule has 0 bridgehead atoms. The molecule has 1 atom stereocenters. The first-order chi connectivity index (χ1) is 12.1. The van der Waals surface area contributed by atoms with Gasteiger partial charge in [0.05, 0.1) is 11.6 Å². The summed E-state index contributed by atoms with van der Waals surface area (Å²) in [5, 5.41) is 21.5. The molecule has 3 heteroatoms. The third-order valence-electron chi connectivity index (χ3n) is 5.72. The van der Waals surface area contributed by atoms with E-state index in [0.29, 0.717) is 5.56 Å². The number of rotatable bonds is 1. The van der Waals surface area contributed by atoms with E-state index in [4.69, 9.17) is 0 Å². The Morgan fingerprint density at radius 2 is 1.72 bits per heavy atom. The number of aliphatic hydroxyl groups is 1. The van der Waals surface area contributed by atoms with Gasteiger partial charge in [-0.3, -0.25) is 0 Å². The van der Waals surface area contributed by atoms with E-state index >= 15 is 0 Å². The molecule has 2 aliphatic rings. The van der Waals surface area contributed by atoms with Crippen LogP contribution in [0.3, 0.4) is 0 Å². The second-order valence-corrected chi connectivity index (χ2v) is 7.18. The van der Waals surface area contributed by atoms with Gasteiger partial charge in [0.15, 0.2) is 0 Å². The second-order valence-electron chi connectivity index (χ2n) is 7.18. The number of hydrogen-bond donors (Lipinski definition) is 1. The fourth-order valence-corrected chi connectivity index (χ4v) is 4.28. The van der Waals surface area contributed by atoms with E-state index in [2.05, 4.69) is 36.2 Å². The first-order valence-corrected chi connectivity index (χ1v) is 8.86. The first-order valence-electron chi connectivity index (χ1n) is 8.86. The molecular weight excluding hydrogens is 308 g/mol.